The average Bonchev–Trinajstić information content (AvgIpc) is 2.48. The molecule has 82 valence electrons. The summed E-state index contributed by atoms with van der Waals surface area (Å²) in [5.41, 5.74) is 2.46. The van der Waals surface area contributed by atoms with Crippen molar-refractivity contribution in [2.24, 2.45) is 0 Å². The molecule has 1 aliphatic rings. The zero-order chi connectivity index (χ0) is 11.4. The number of hydrogen-bond donors (Lipinski definition) is 1. The molecule has 1 aromatic heterocycles. The lowest BCUT2D eigenvalue weighted by atomic mass is 10.1. The molecule has 1 heterocycles. The van der Waals surface area contributed by atoms with Gasteiger partial charge < -0.3 is 5.41 Å². The molecule has 1 nitrogen and oxygen atoms in total. The van der Waals surface area contributed by atoms with E-state index >= 15 is 0 Å². The van der Waals surface area contributed by atoms with Crippen molar-refractivity contribution in [2.45, 2.75) is 19.8 Å². The summed E-state index contributed by atoms with van der Waals surface area (Å²) in [5, 5.41) is 7.46. The number of nitrogens with one attached hydrogen (secondary N) is 1. The third-order valence-electron chi connectivity index (χ3n) is 2.52. The van der Waals surface area contributed by atoms with Crippen molar-refractivity contribution in [3.05, 3.63) is 39.1 Å². The van der Waals surface area contributed by atoms with E-state index in [2.05, 4.69) is 43.4 Å². The quantitative estimate of drug-likeness (QED) is 0.732. The second-order valence-electron chi connectivity index (χ2n) is 3.65. The molecule has 0 amide bonds. The van der Waals surface area contributed by atoms with Gasteiger partial charge in [-0.15, -0.1) is 11.3 Å². The molecule has 1 N–H and O–H groups in total. The Bertz CT molecular complexity index is 475. The fourth-order valence-electron chi connectivity index (χ4n) is 1.74. The van der Waals surface area contributed by atoms with E-state index in [9.17, 15) is 0 Å². The van der Waals surface area contributed by atoms with Crippen LogP contribution in [0.5, 0.6) is 0 Å². The number of fused-ring (bicyclic) bond motifs is 1. The largest absolute Gasteiger partial charge is 0.307 e. The highest BCUT2D eigenvalue weighted by molar-refractivity contribution is 7.15. The van der Waals surface area contributed by atoms with Crippen molar-refractivity contribution in [1.82, 2.24) is 0 Å². The molecular formula is C14H15NS. The van der Waals surface area contributed by atoms with Crippen LogP contribution in [0.25, 0.3) is 18.2 Å². The highest BCUT2D eigenvalue weighted by Gasteiger charge is 2.11. The van der Waals surface area contributed by atoms with E-state index in [0.29, 0.717) is 0 Å². The van der Waals surface area contributed by atoms with Gasteiger partial charge in [0.05, 0.1) is 4.88 Å². The Balaban J connectivity index is 2.56. The van der Waals surface area contributed by atoms with Gasteiger partial charge in [0.15, 0.2) is 0 Å². The summed E-state index contributed by atoms with van der Waals surface area (Å²) in [7, 11) is 0. The summed E-state index contributed by atoms with van der Waals surface area (Å²) in [6.07, 6.45) is 16.4. The van der Waals surface area contributed by atoms with Crippen LogP contribution in [0.1, 0.15) is 40.6 Å². The Kier molecular flexibility index (Phi) is 3.52. The fourth-order valence-corrected chi connectivity index (χ4v) is 2.78. The molecular weight excluding hydrogens is 214 g/mol. The number of allylic oxidation sites excluding steroid dienone is 3. The Labute approximate surface area is 100 Å². The van der Waals surface area contributed by atoms with Crippen molar-refractivity contribution in [1.29, 1.82) is 5.41 Å². The maximum atomic E-state index is 7.46. The lowest BCUT2D eigenvalue weighted by molar-refractivity contribution is 1.23. The standard InChI is InChI=1S/C14H15NS/c1-2-3-7-12-11-8-5-4-6-9-13(11)16-14(12)10-15/h3,5-10,15H,2,4H2,1H3/b7-3-,15-10?. The van der Waals surface area contributed by atoms with E-state index in [1.54, 1.807) is 11.3 Å². The van der Waals surface area contributed by atoms with Crippen LogP contribution in [0.15, 0.2) is 18.2 Å². The minimum Gasteiger partial charge on any atom is -0.307 e. The van der Waals surface area contributed by atoms with Gasteiger partial charge in [-0.05, 0) is 18.9 Å². The smallest absolute Gasteiger partial charge is 0.0530 e. The Morgan fingerprint density at radius 1 is 1.38 bits per heavy atom. The van der Waals surface area contributed by atoms with Crippen molar-refractivity contribution in [3.8, 4) is 0 Å². The first-order valence-electron chi connectivity index (χ1n) is 5.53. The lowest BCUT2D eigenvalue weighted by Crippen LogP contribution is -1.80. The minimum atomic E-state index is 0.998. The monoisotopic (exact) mass is 229 g/mol. The zero-order valence-corrected chi connectivity index (χ0v) is 10.2. The van der Waals surface area contributed by atoms with Crippen LogP contribution in [-0.4, -0.2) is 6.21 Å². The molecule has 0 unspecified atom stereocenters. The summed E-state index contributed by atoms with van der Waals surface area (Å²) in [6.45, 7) is 2.13. The highest BCUT2D eigenvalue weighted by atomic mass is 32.1. The van der Waals surface area contributed by atoms with Gasteiger partial charge in [-0.1, -0.05) is 37.3 Å². The van der Waals surface area contributed by atoms with Crippen LogP contribution < -0.4 is 0 Å². The van der Waals surface area contributed by atoms with Gasteiger partial charge in [0, 0.05) is 22.2 Å². The van der Waals surface area contributed by atoms with Crippen molar-refractivity contribution in [3.63, 3.8) is 0 Å². The van der Waals surface area contributed by atoms with Gasteiger partial charge in [0.1, 0.15) is 0 Å². The average molecular weight is 229 g/mol. The second-order valence-corrected chi connectivity index (χ2v) is 4.74. The molecule has 0 atom stereocenters. The first-order chi connectivity index (χ1) is 7.86. The SMILES string of the molecule is CC/C=C\c1c(C=N)sc2c1C=CCC=C2. The highest BCUT2D eigenvalue weighted by Crippen LogP contribution is 2.32. The second kappa shape index (κ2) is 5.08. The van der Waals surface area contributed by atoms with Gasteiger partial charge in [-0.3, -0.25) is 0 Å². The predicted octanol–water partition coefficient (Wildman–Crippen LogP) is 4.60. The molecule has 0 aromatic carbocycles. The van der Waals surface area contributed by atoms with Gasteiger partial charge in [-0.2, -0.15) is 0 Å². The van der Waals surface area contributed by atoms with E-state index in [1.165, 1.54) is 22.2 Å². The number of rotatable bonds is 3. The summed E-state index contributed by atoms with van der Waals surface area (Å²) in [5.74, 6) is 0. The molecule has 1 aliphatic carbocycles. The molecule has 2 heteroatoms. The molecule has 0 spiro atoms. The predicted molar refractivity (Wildman–Crippen MR) is 74.2 cm³/mol. The van der Waals surface area contributed by atoms with E-state index in [1.807, 2.05) is 0 Å². The summed E-state index contributed by atoms with van der Waals surface area (Å²) < 4.78 is 0. The molecule has 0 saturated carbocycles. The topological polar surface area (TPSA) is 23.9 Å². The number of hydrogen-bond acceptors (Lipinski definition) is 2. The summed E-state index contributed by atoms with van der Waals surface area (Å²) in [6, 6.07) is 0. The Morgan fingerprint density at radius 2 is 2.19 bits per heavy atom. The summed E-state index contributed by atoms with van der Waals surface area (Å²) in [4.78, 5) is 2.31. The normalized spacial score (nSPS) is 14.1. The first kappa shape index (κ1) is 11.1. The third kappa shape index (κ3) is 2.07. The number of thiophene rings is 1. The third-order valence-corrected chi connectivity index (χ3v) is 3.65. The van der Waals surface area contributed by atoms with E-state index < -0.39 is 0 Å². The fraction of sp³-hybridized carbons (Fsp3) is 0.214. The van der Waals surface area contributed by atoms with E-state index in [0.717, 1.165) is 17.7 Å². The summed E-state index contributed by atoms with van der Waals surface area (Å²) >= 11 is 1.69. The van der Waals surface area contributed by atoms with E-state index in [4.69, 9.17) is 5.41 Å². The molecule has 0 fully saturated rings. The molecule has 16 heavy (non-hydrogen) atoms. The van der Waals surface area contributed by atoms with Crippen LogP contribution >= 0.6 is 11.3 Å². The minimum absolute atomic E-state index is 0.998. The first-order valence-corrected chi connectivity index (χ1v) is 6.35. The van der Waals surface area contributed by atoms with Gasteiger partial charge in [0.25, 0.3) is 0 Å². The van der Waals surface area contributed by atoms with Crippen molar-refractivity contribution < 1.29 is 0 Å². The Morgan fingerprint density at radius 3 is 2.94 bits per heavy atom. The molecule has 0 aliphatic heterocycles. The molecule has 2 rings (SSSR count). The molecule has 0 radical (unpaired) electrons. The molecule has 0 saturated heterocycles. The zero-order valence-electron chi connectivity index (χ0n) is 9.36. The van der Waals surface area contributed by atoms with Crippen LogP contribution in [0.3, 0.4) is 0 Å². The maximum Gasteiger partial charge on any atom is 0.0530 e. The van der Waals surface area contributed by atoms with Gasteiger partial charge in [0.2, 0.25) is 0 Å². The molecule has 1 aromatic rings. The molecule has 0 bridgehead atoms. The van der Waals surface area contributed by atoms with E-state index in [-0.39, 0.29) is 0 Å². The van der Waals surface area contributed by atoms with Crippen LogP contribution in [-0.2, 0) is 0 Å². The van der Waals surface area contributed by atoms with Crippen LogP contribution in [0.4, 0.5) is 0 Å². The Hall–Kier alpha value is -1.41. The van der Waals surface area contributed by atoms with Crippen LogP contribution in [0, 0.1) is 5.41 Å². The van der Waals surface area contributed by atoms with Crippen molar-refractivity contribution >= 4 is 35.8 Å². The van der Waals surface area contributed by atoms with Gasteiger partial charge >= 0.3 is 0 Å². The van der Waals surface area contributed by atoms with Crippen molar-refractivity contribution in [2.75, 3.05) is 0 Å². The van der Waals surface area contributed by atoms with Gasteiger partial charge in [-0.25, -0.2) is 0 Å². The van der Waals surface area contributed by atoms with Crippen LogP contribution in [0.2, 0.25) is 0 Å². The lowest BCUT2D eigenvalue weighted by Gasteiger charge is -1.95. The maximum absolute atomic E-state index is 7.46.